The molecule has 1 aromatic heterocycles. The first kappa shape index (κ1) is 24.4. The average molecular weight is 359 g/mol. The molecule has 0 aliphatic rings. The van der Waals surface area contributed by atoms with Crippen molar-refractivity contribution in [2.75, 3.05) is 27.2 Å². The fourth-order valence-electron chi connectivity index (χ4n) is 1.21. The average Bonchev–Trinajstić information content (AvgIpc) is 2.55. The molecule has 10 heteroatoms. The number of aromatic nitrogens is 1. The van der Waals surface area contributed by atoms with Gasteiger partial charge in [-0.25, -0.2) is 14.4 Å². The van der Waals surface area contributed by atoms with E-state index in [2.05, 4.69) is 23.7 Å². The summed E-state index contributed by atoms with van der Waals surface area (Å²) in [5.41, 5.74) is 0.756. The molecule has 10 nitrogen and oxygen atoms in total. The topological polar surface area (TPSA) is 152 Å². The summed E-state index contributed by atoms with van der Waals surface area (Å²) in [5.74, 6) is -3.36. The Kier molecular flexibility index (Phi) is 13.2. The van der Waals surface area contributed by atoms with Gasteiger partial charge in [0.1, 0.15) is 5.75 Å². The highest BCUT2D eigenvalue weighted by molar-refractivity contribution is 6.27. The lowest BCUT2D eigenvalue weighted by molar-refractivity contribution is -0.159. The molecular weight excluding hydrogens is 334 g/mol. The Labute approximate surface area is 145 Å². The molecule has 0 unspecified atom stereocenters. The van der Waals surface area contributed by atoms with Crippen LogP contribution in [0.15, 0.2) is 18.3 Å². The van der Waals surface area contributed by atoms with Gasteiger partial charge in [0.25, 0.3) is 0 Å². The zero-order valence-corrected chi connectivity index (χ0v) is 14.7. The molecule has 4 N–H and O–H groups in total. The van der Waals surface area contributed by atoms with Crippen LogP contribution in [-0.2, 0) is 16.1 Å². The Morgan fingerprint density at radius 2 is 1.48 bits per heavy atom. The quantitative estimate of drug-likeness (QED) is 0.577. The lowest BCUT2D eigenvalue weighted by Gasteiger charge is -2.17. The van der Waals surface area contributed by atoms with Gasteiger partial charge in [0.05, 0.1) is 5.69 Å². The summed E-state index contributed by atoms with van der Waals surface area (Å²) in [5, 5.41) is 32.2. The van der Waals surface area contributed by atoms with Gasteiger partial charge in [-0.3, -0.25) is 9.88 Å². The second-order valence-electron chi connectivity index (χ2n) is 4.72. The molecule has 1 amide bonds. The predicted molar refractivity (Wildman–Crippen MR) is 89.5 cm³/mol. The van der Waals surface area contributed by atoms with Crippen molar-refractivity contribution in [1.29, 1.82) is 0 Å². The molecule has 25 heavy (non-hydrogen) atoms. The number of pyridine rings is 1. The van der Waals surface area contributed by atoms with E-state index in [-0.39, 0.29) is 5.75 Å². The minimum Gasteiger partial charge on any atom is -0.506 e. The molecule has 0 saturated carbocycles. The Hall–Kier alpha value is -2.88. The van der Waals surface area contributed by atoms with E-state index in [1.165, 1.54) is 14.1 Å². The van der Waals surface area contributed by atoms with Crippen molar-refractivity contribution in [3.8, 4) is 5.75 Å². The van der Waals surface area contributed by atoms with Gasteiger partial charge in [-0.05, 0) is 25.2 Å². The van der Waals surface area contributed by atoms with Crippen LogP contribution in [0.25, 0.3) is 0 Å². The van der Waals surface area contributed by atoms with Crippen LogP contribution >= 0.6 is 0 Å². The van der Waals surface area contributed by atoms with Crippen LogP contribution in [0, 0.1) is 0 Å². The summed E-state index contributed by atoms with van der Waals surface area (Å²) in [6, 6.07) is 3.41. The zero-order valence-electron chi connectivity index (χ0n) is 14.7. The van der Waals surface area contributed by atoms with Crippen LogP contribution in [0.1, 0.15) is 19.5 Å². The highest BCUT2D eigenvalue weighted by Crippen LogP contribution is 2.14. The molecule has 0 spiro atoms. The fourth-order valence-corrected chi connectivity index (χ4v) is 1.21. The van der Waals surface area contributed by atoms with Crippen molar-refractivity contribution in [2.45, 2.75) is 20.4 Å². The molecule has 1 rings (SSSR count). The van der Waals surface area contributed by atoms with Gasteiger partial charge in [0.15, 0.2) is 0 Å². The maximum Gasteiger partial charge on any atom is 0.414 e. The molecule has 0 aliphatic carbocycles. The Morgan fingerprint density at radius 1 is 1.04 bits per heavy atom. The molecule has 0 saturated heterocycles. The summed E-state index contributed by atoms with van der Waals surface area (Å²) in [4.78, 5) is 35.2. The van der Waals surface area contributed by atoms with Crippen molar-refractivity contribution < 1.29 is 34.8 Å². The number of hydrogen-bond donors (Lipinski definition) is 4. The smallest absolute Gasteiger partial charge is 0.414 e. The molecule has 0 aliphatic heterocycles. The zero-order chi connectivity index (χ0) is 20.0. The number of nitrogens with zero attached hydrogens (tertiary/aromatic N) is 3. The third kappa shape index (κ3) is 13.3. The Bertz CT molecular complexity index is 534. The normalized spacial score (nSPS) is 9.16. The number of amides is 1. The largest absolute Gasteiger partial charge is 0.506 e. The minimum absolute atomic E-state index is 0.286. The fraction of sp³-hybridized carbons (Fsp3) is 0.467. The number of aromatic hydroxyl groups is 1. The summed E-state index contributed by atoms with van der Waals surface area (Å²) in [6.45, 7) is 6.88. The van der Waals surface area contributed by atoms with E-state index in [0.29, 0.717) is 0 Å². The van der Waals surface area contributed by atoms with Gasteiger partial charge < -0.3 is 25.3 Å². The first-order valence-electron chi connectivity index (χ1n) is 7.28. The van der Waals surface area contributed by atoms with Crippen LogP contribution in [0.2, 0.25) is 0 Å². The SMILES string of the molecule is CCN(CC)Cc1ncccc1O.CN(C)C(=O)O.O=C(O)C(=O)O. The number of carboxylic acids is 2. The lowest BCUT2D eigenvalue weighted by Crippen LogP contribution is -2.22. The first-order valence-corrected chi connectivity index (χ1v) is 7.28. The van der Waals surface area contributed by atoms with Gasteiger partial charge in [-0.2, -0.15) is 0 Å². The number of carbonyl (C=O) groups is 3. The van der Waals surface area contributed by atoms with Crippen molar-refractivity contribution in [1.82, 2.24) is 14.8 Å². The third-order valence-corrected chi connectivity index (χ3v) is 2.70. The second-order valence-corrected chi connectivity index (χ2v) is 4.72. The van der Waals surface area contributed by atoms with Gasteiger partial charge in [-0.1, -0.05) is 13.8 Å². The third-order valence-electron chi connectivity index (χ3n) is 2.70. The molecule has 0 aromatic carbocycles. The van der Waals surface area contributed by atoms with E-state index in [4.69, 9.17) is 24.9 Å². The van der Waals surface area contributed by atoms with Gasteiger partial charge in [0.2, 0.25) is 0 Å². The van der Waals surface area contributed by atoms with Crippen molar-refractivity contribution in [2.24, 2.45) is 0 Å². The molecule has 0 radical (unpaired) electrons. The highest BCUT2D eigenvalue weighted by atomic mass is 16.4. The van der Waals surface area contributed by atoms with Gasteiger partial charge in [-0.15, -0.1) is 0 Å². The lowest BCUT2D eigenvalue weighted by atomic mass is 10.3. The predicted octanol–water partition coefficient (Wildman–Crippen LogP) is 1.01. The van der Waals surface area contributed by atoms with Crippen LogP contribution in [0.4, 0.5) is 4.79 Å². The molecule has 142 valence electrons. The van der Waals surface area contributed by atoms with Crippen molar-refractivity contribution in [3.05, 3.63) is 24.0 Å². The molecule has 0 atom stereocenters. The van der Waals surface area contributed by atoms with Crippen LogP contribution in [0.5, 0.6) is 5.75 Å². The highest BCUT2D eigenvalue weighted by Gasteiger charge is 2.05. The molecule has 0 fully saturated rings. The standard InChI is InChI=1S/C10H16N2O.C3H7NO2.C2H2O4/c1-3-12(4-2)8-9-10(13)6-5-7-11-9;1-4(2)3(5)6;3-1(4)2(5)6/h5-7,13H,3-4,8H2,1-2H3;1-2H3,(H,5,6);(H,3,4)(H,5,6). The minimum atomic E-state index is -1.82. The summed E-state index contributed by atoms with van der Waals surface area (Å²) in [6.07, 6.45) is 0.799. The monoisotopic (exact) mass is 359 g/mol. The van der Waals surface area contributed by atoms with Crippen molar-refractivity contribution in [3.63, 3.8) is 0 Å². The van der Waals surface area contributed by atoms with E-state index in [0.717, 1.165) is 30.2 Å². The number of carboxylic acid groups (broad SMARTS) is 3. The van der Waals surface area contributed by atoms with Crippen LogP contribution < -0.4 is 0 Å². The summed E-state index contributed by atoms with van der Waals surface area (Å²) >= 11 is 0. The van der Waals surface area contributed by atoms with Gasteiger partial charge in [0, 0.05) is 26.8 Å². The summed E-state index contributed by atoms with van der Waals surface area (Å²) in [7, 11) is 2.95. The summed E-state index contributed by atoms with van der Waals surface area (Å²) < 4.78 is 0. The number of aliphatic carboxylic acids is 2. The molecular formula is C15H25N3O7. The van der Waals surface area contributed by atoms with E-state index < -0.39 is 18.0 Å². The Morgan fingerprint density at radius 3 is 1.76 bits per heavy atom. The number of rotatable bonds is 4. The molecule has 0 bridgehead atoms. The maximum atomic E-state index is 9.62. The molecule has 1 heterocycles. The van der Waals surface area contributed by atoms with E-state index in [1.807, 2.05) is 0 Å². The second kappa shape index (κ2) is 13.5. The van der Waals surface area contributed by atoms with Gasteiger partial charge >= 0.3 is 18.0 Å². The number of hydrogen-bond acceptors (Lipinski definition) is 6. The van der Waals surface area contributed by atoms with E-state index in [1.54, 1.807) is 18.3 Å². The van der Waals surface area contributed by atoms with Crippen molar-refractivity contribution >= 4 is 18.0 Å². The van der Waals surface area contributed by atoms with Crippen LogP contribution in [0.3, 0.4) is 0 Å². The van der Waals surface area contributed by atoms with E-state index >= 15 is 0 Å². The first-order chi connectivity index (χ1) is 11.6. The van der Waals surface area contributed by atoms with E-state index in [9.17, 15) is 9.90 Å². The maximum absolute atomic E-state index is 9.62. The molecule has 1 aromatic rings. The van der Waals surface area contributed by atoms with Crippen LogP contribution in [-0.4, -0.2) is 80.4 Å². The Balaban J connectivity index is 0.